The lowest BCUT2D eigenvalue weighted by Crippen LogP contribution is -2.35. The minimum Gasteiger partial charge on any atom is -0.385 e. The second-order valence-electron chi connectivity index (χ2n) is 5.15. The third-order valence-electron chi connectivity index (χ3n) is 2.97. The van der Waals surface area contributed by atoms with Crippen LogP contribution in [0.25, 0.3) is 0 Å². The van der Waals surface area contributed by atoms with Gasteiger partial charge in [-0.25, -0.2) is 13.1 Å². The fourth-order valence-electron chi connectivity index (χ4n) is 1.93. The van der Waals surface area contributed by atoms with Crippen molar-refractivity contribution in [2.24, 2.45) is 0 Å². The van der Waals surface area contributed by atoms with Crippen molar-refractivity contribution in [3.8, 4) is 0 Å². The van der Waals surface area contributed by atoms with Gasteiger partial charge in [-0.2, -0.15) is 0 Å². The van der Waals surface area contributed by atoms with Gasteiger partial charge >= 0.3 is 0 Å². The molecule has 1 unspecified atom stereocenters. The van der Waals surface area contributed by atoms with E-state index in [0.29, 0.717) is 25.1 Å². The first-order valence-corrected chi connectivity index (χ1v) is 8.77. The minimum atomic E-state index is -3.60. The molecule has 130 valence electrons. The average molecular weight is 344 g/mol. The van der Waals surface area contributed by atoms with Crippen LogP contribution in [0, 0.1) is 0 Å². The first-order chi connectivity index (χ1) is 10.9. The van der Waals surface area contributed by atoms with E-state index in [-0.39, 0.29) is 23.5 Å². The number of carbonyl (C=O) groups excluding carboxylic acids is 1. The molecule has 0 radical (unpaired) electrons. The molecular weight excluding hydrogens is 320 g/mol. The lowest BCUT2D eigenvalue weighted by atomic mass is 10.2. The molecule has 0 saturated heterocycles. The fourth-order valence-corrected chi connectivity index (χ4v) is 3.16. The van der Waals surface area contributed by atoms with Gasteiger partial charge in [0.05, 0.1) is 11.5 Å². The van der Waals surface area contributed by atoms with E-state index < -0.39 is 10.0 Å². The van der Waals surface area contributed by atoms with Crippen LogP contribution in [0.5, 0.6) is 0 Å². The van der Waals surface area contributed by atoms with Crippen LogP contribution < -0.4 is 10.0 Å². The van der Waals surface area contributed by atoms with Gasteiger partial charge in [-0.05, 0) is 37.6 Å². The van der Waals surface area contributed by atoms with Crippen LogP contribution in [0.4, 0.5) is 5.69 Å². The number of benzene rings is 1. The number of methoxy groups -OCH3 is 2. The third kappa shape index (κ3) is 7.08. The Kier molecular flexibility index (Phi) is 8.18. The summed E-state index contributed by atoms with van der Waals surface area (Å²) in [5, 5.41) is 2.71. The van der Waals surface area contributed by atoms with Gasteiger partial charge in [0.1, 0.15) is 0 Å². The molecule has 0 bridgehead atoms. The summed E-state index contributed by atoms with van der Waals surface area (Å²) in [7, 11) is -0.513. The van der Waals surface area contributed by atoms with Gasteiger partial charge in [0, 0.05) is 39.0 Å². The Hall–Kier alpha value is -1.48. The molecule has 8 heteroatoms. The van der Waals surface area contributed by atoms with Crippen molar-refractivity contribution < 1.29 is 22.7 Å². The monoisotopic (exact) mass is 344 g/mol. The van der Waals surface area contributed by atoms with Crippen molar-refractivity contribution in [1.82, 2.24) is 4.72 Å². The largest absolute Gasteiger partial charge is 0.385 e. The number of rotatable bonds is 10. The summed E-state index contributed by atoms with van der Waals surface area (Å²) in [6.45, 7) is 2.53. The van der Waals surface area contributed by atoms with Gasteiger partial charge in [0.15, 0.2) is 0 Å². The van der Waals surface area contributed by atoms with E-state index >= 15 is 0 Å². The molecule has 0 aromatic heterocycles. The number of nitrogens with one attached hydrogen (secondary N) is 2. The van der Waals surface area contributed by atoms with E-state index in [1.165, 1.54) is 19.2 Å². The second-order valence-corrected chi connectivity index (χ2v) is 6.86. The van der Waals surface area contributed by atoms with Crippen LogP contribution in [0.3, 0.4) is 0 Å². The van der Waals surface area contributed by atoms with Crippen LogP contribution in [-0.4, -0.2) is 47.8 Å². The van der Waals surface area contributed by atoms with Crippen LogP contribution in [-0.2, 0) is 24.3 Å². The molecule has 0 aliphatic carbocycles. The third-order valence-corrected chi connectivity index (χ3v) is 4.58. The smallest absolute Gasteiger partial charge is 0.240 e. The molecule has 0 spiro atoms. The maximum Gasteiger partial charge on any atom is 0.240 e. The summed E-state index contributed by atoms with van der Waals surface area (Å²) in [5.41, 5.74) is 0.552. The zero-order valence-electron chi connectivity index (χ0n) is 13.7. The minimum absolute atomic E-state index is 0.135. The van der Waals surface area contributed by atoms with Crippen molar-refractivity contribution in [1.29, 1.82) is 0 Å². The summed E-state index contributed by atoms with van der Waals surface area (Å²) in [4.78, 5) is 11.8. The first-order valence-electron chi connectivity index (χ1n) is 7.29. The van der Waals surface area contributed by atoms with Crippen LogP contribution in [0.15, 0.2) is 29.2 Å². The molecule has 1 aromatic rings. The number of anilines is 1. The highest BCUT2D eigenvalue weighted by atomic mass is 32.2. The molecule has 2 N–H and O–H groups in total. The van der Waals surface area contributed by atoms with Gasteiger partial charge in [-0.3, -0.25) is 4.79 Å². The maximum absolute atomic E-state index is 12.2. The van der Waals surface area contributed by atoms with E-state index in [9.17, 15) is 13.2 Å². The van der Waals surface area contributed by atoms with Gasteiger partial charge in [0.25, 0.3) is 0 Å². The topological polar surface area (TPSA) is 93.7 Å². The predicted molar refractivity (Wildman–Crippen MR) is 87.8 cm³/mol. The van der Waals surface area contributed by atoms with E-state index in [1.54, 1.807) is 26.2 Å². The quantitative estimate of drug-likeness (QED) is 0.625. The molecule has 7 nitrogen and oxygen atoms in total. The average Bonchev–Trinajstić information content (AvgIpc) is 2.47. The normalized spacial score (nSPS) is 12.8. The summed E-state index contributed by atoms with van der Waals surface area (Å²) in [6.07, 6.45) is 0.986. The molecule has 0 aliphatic rings. The first kappa shape index (κ1) is 19.6. The zero-order chi connectivity index (χ0) is 17.3. The molecule has 1 atom stereocenters. The molecule has 0 saturated carbocycles. The van der Waals surface area contributed by atoms with E-state index in [2.05, 4.69) is 10.0 Å². The zero-order valence-corrected chi connectivity index (χ0v) is 14.5. The number of carbonyl (C=O) groups is 1. The van der Waals surface area contributed by atoms with Crippen molar-refractivity contribution >= 4 is 21.6 Å². The van der Waals surface area contributed by atoms with Crippen LogP contribution in [0.2, 0.25) is 0 Å². The predicted octanol–water partition coefficient (Wildman–Crippen LogP) is 1.36. The van der Waals surface area contributed by atoms with Crippen LogP contribution >= 0.6 is 0 Å². The Balaban J connectivity index is 2.63. The Bertz CT molecular complexity index is 586. The molecule has 23 heavy (non-hydrogen) atoms. The van der Waals surface area contributed by atoms with E-state index in [0.717, 1.165) is 0 Å². The summed E-state index contributed by atoms with van der Waals surface area (Å²) >= 11 is 0. The van der Waals surface area contributed by atoms with E-state index in [4.69, 9.17) is 9.47 Å². The van der Waals surface area contributed by atoms with Gasteiger partial charge in [-0.15, -0.1) is 0 Å². The Morgan fingerprint density at radius 3 is 2.39 bits per heavy atom. The standard InChI is InChI=1S/C15H24N2O5S/c1-12(11-22-3)17-23(19,20)14-8-6-13(7-9-14)16-15(18)5-4-10-21-2/h6-9,12,17H,4-5,10-11H2,1-3H3,(H,16,18). The maximum atomic E-state index is 12.2. The van der Waals surface area contributed by atoms with Crippen molar-refractivity contribution in [2.75, 3.05) is 32.8 Å². The van der Waals surface area contributed by atoms with E-state index in [1.807, 2.05) is 0 Å². The number of hydrogen-bond donors (Lipinski definition) is 2. The Morgan fingerprint density at radius 1 is 1.17 bits per heavy atom. The van der Waals surface area contributed by atoms with Crippen molar-refractivity contribution in [3.05, 3.63) is 24.3 Å². The van der Waals surface area contributed by atoms with Gasteiger partial charge < -0.3 is 14.8 Å². The Morgan fingerprint density at radius 2 is 1.83 bits per heavy atom. The highest BCUT2D eigenvalue weighted by Gasteiger charge is 2.17. The van der Waals surface area contributed by atoms with Crippen molar-refractivity contribution in [3.63, 3.8) is 0 Å². The molecule has 0 aliphatic heterocycles. The number of amides is 1. The lowest BCUT2D eigenvalue weighted by Gasteiger charge is -2.13. The SMILES string of the molecule is COCCCC(=O)Nc1ccc(S(=O)(=O)NC(C)COC)cc1. The molecule has 1 rings (SSSR count). The summed E-state index contributed by atoms with van der Waals surface area (Å²) < 4.78 is 36.6. The second kappa shape index (κ2) is 9.61. The van der Waals surface area contributed by atoms with Gasteiger partial charge in [-0.1, -0.05) is 0 Å². The lowest BCUT2D eigenvalue weighted by molar-refractivity contribution is -0.116. The van der Waals surface area contributed by atoms with Crippen molar-refractivity contribution in [2.45, 2.75) is 30.7 Å². The highest BCUT2D eigenvalue weighted by Crippen LogP contribution is 2.15. The molecular formula is C15H24N2O5S. The molecule has 0 heterocycles. The van der Waals surface area contributed by atoms with Gasteiger partial charge in [0.2, 0.25) is 15.9 Å². The highest BCUT2D eigenvalue weighted by molar-refractivity contribution is 7.89. The van der Waals surface area contributed by atoms with Crippen LogP contribution in [0.1, 0.15) is 19.8 Å². The number of ether oxygens (including phenoxy) is 2. The molecule has 1 amide bonds. The summed E-state index contributed by atoms with van der Waals surface area (Å²) in [5.74, 6) is -0.135. The number of sulfonamides is 1. The molecule has 0 fully saturated rings. The number of hydrogen-bond acceptors (Lipinski definition) is 5. The molecule has 1 aromatic carbocycles. The summed E-state index contributed by atoms with van der Waals surface area (Å²) in [6, 6.07) is 5.69. The Labute approximate surface area is 137 Å². The fraction of sp³-hybridized carbons (Fsp3) is 0.533.